The van der Waals surface area contributed by atoms with E-state index in [9.17, 15) is 5.11 Å². The van der Waals surface area contributed by atoms with Crippen molar-refractivity contribution < 1.29 is 29.0 Å². The predicted molar refractivity (Wildman–Crippen MR) is 201 cm³/mol. The number of pyridine rings is 1. The van der Waals surface area contributed by atoms with E-state index in [4.69, 9.17) is 4.98 Å². The second-order valence-electron chi connectivity index (χ2n) is 14.9. The average Bonchev–Trinajstić information content (AvgIpc) is 3.71. The molecule has 240 valence electrons. The van der Waals surface area contributed by atoms with Crippen LogP contribution in [0, 0.1) is 0 Å². The van der Waals surface area contributed by atoms with Gasteiger partial charge in [-0.3, -0.25) is 4.57 Å². The number of nitrogens with one attached hydrogen (secondary N) is 1. The fraction of sp³-hybridized carbons (Fsp3) is 0.130. The number of imidazole rings is 1. The SMILES string of the molecule is CC1(C)c2cc(-c3ccc([O-])c4[nH+]cccc34)ccc2-c2cc3c(cc21)-c1ccc(-c2nc4ccccc4n2-c2ccccc2)cc1C3(C)C.[Li+]. The molecule has 6 aromatic carbocycles. The van der Waals surface area contributed by atoms with Crippen molar-refractivity contribution in [2.24, 2.45) is 0 Å². The first-order chi connectivity index (χ1) is 24.2. The fourth-order valence-corrected chi connectivity index (χ4v) is 8.78. The van der Waals surface area contributed by atoms with E-state index < -0.39 is 0 Å². The summed E-state index contributed by atoms with van der Waals surface area (Å²) in [6.45, 7) is 9.41. The van der Waals surface area contributed by atoms with Gasteiger partial charge in [-0.05, 0) is 116 Å². The largest absolute Gasteiger partial charge is 1.00 e. The number of hydrogen-bond donors (Lipinski definition) is 0. The topological polar surface area (TPSA) is 55.0 Å². The molecule has 0 fully saturated rings. The molecule has 8 aromatic rings. The molecule has 10 rings (SSSR count). The number of benzene rings is 6. The van der Waals surface area contributed by atoms with E-state index >= 15 is 0 Å². The van der Waals surface area contributed by atoms with E-state index in [-0.39, 0.29) is 35.4 Å². The summed E-state index contributed by atoms with van der Waals surface area (Å²) in [5.74, 6) is 0.966. The summed E-state index contributed by atoms with van der Waals surface area (Å²) in [4.78, 5) is 8.34. The van der Waals surface area contributed by atoms with Crippen LogP contribution in [0.2, 0.25) is 0 Å². The van der Waals surface area contributed by atoms with Crippen LogP contribution in [0.1, 0.15) is 49.9 Å². The Labute approximate surface area is 309 Å². The fourth-order valence-electron chi connectivity index (χ4n) is 8.78. The second-order valence-corrected chi connectivity index (χ2v) is 14.9. The Balaban J connectivity index is 0.00000348. The first-order valence-electron chi connectivity index (χ1n) is 17.3. The number of para-hydroxylation sites is 3. The van der Waals surface area contributed by atoms with Gasteiger partial charge in [0.15, 0.2) is 6.20 Å². The molecule has 0 atom stereocenters. The minimum Gasteiger partial charge on any atom is -0.868 e. The molecule has 0 saturated heterocycles. The number of nitrogens with zero attached hydrogens (tertiary/aromatic N) is 2. The van der Waals surface area contributed by atoms with E-state index in [1.54, 1.807) is 6.07 Å². The molecule has 0 aliphatic heterocycles. The van der Waals surface area contributed by atoms with Crippen molar-refractivity contribution in [2.75, 3.05) is 0 Å². The minimum atomic E-state index is -0.193. The quantitative estimate of drug-likeness (QED) is 0.193. The summed E-state index contributed by atoms with van der Waals surface area (Å²) in [5, 5.41) is 13.6. The van der Waals surface area contributed by atoms with Crippen molar-refractivity contribution in [1.82, 2.24) is 9.55 Å². The summed E-state index contributed by atoms with van der Waals surface area (Å²) in [6.07, 6.45) is 1.82. The zero-order chi connectivity index (χ0) is 33.9. The van der Waals surface area contributed by atoms with E-state index in [0.717, 1.165) is 44.6 Å². The summed E-state index contributed by atoms with van der Waals surface area (Å²) >= 11 is 0. The van der Waals surface area contributed by atoms with Crippen LogP contribution in [-0.2, 0) is 10.8 Å². The van der Waals surface area contributed by atoms with Gasteiger partial charge < -0.3 is 5.11 Å². The van der Waals surface area contributed by atoms with Crippen LogP contribution in [0.3, 0.4) is 0 Å². The first kappa shape index (κ1) is 31.6. The summed E-state index contributed by atoms with van der Waals surface area (Å²) < 4.78 is 2.28. The molecule has 5 heteroatoms. The molecule has 0 spiro atoms. The van der Waals surface area contributed by atoms with Crippen molar-refractivity contribution in [1.29, 1.82) is 0 Å². The molecule has 2 heterocycles. The molecule has 4 nitrogen and oxygen atoms in total. The Hall–Kier alpha value is -5.40. The number of H-pyrrole nitrogens is 1. The van der Waals surface area contributed by atoms with Gasteiger partial charge >= 0.3 is 18.9 Å². The van der Waals surface area contributed by atoms with Gasteiger partial charge in [0.2, 0.25) is 5.52 Å². The van der Waals surface area contributed by atoms with E-state index in [1.165, 1.54) is 44.5 Å². The zero-order valence-electron chi connectivity index (χ0n) is 29.5. The second kappa shape index (κ2) is 11.0. The molecule has 0 unspecified atom stereocenters. The van der Waals surface area contributed by atoms with Gasteiger partial charge in [0.25, 0.3) is 0 Å². The number of fused-ring (bicyclic) bond motifs is 8. The molecular formula is C46H35LiN3O+. The van der Waals surface area contributed by atoms with E-state index in [1.807, 2.05) is 24.4 Å². The Kier molecular flexibility index (Phi) is 6.84. The molecule has 0 bridgehead atoms. The third-order valence-electron chi connectivity index (χ3n) is 11.4. The van der Waals surface area contributed by atoms with Crippen LogP contribution in [-0.4, -0.2) is 9.55 Å². The molecule has 0 saturated carbocycles. The van der Waals surface area contributed by atoms with E-state index in [2.05, 4.69) is 140 Å². The third-order valence-corrected chi connectivity index (χ3v) is 11.4. The number of rotatable bonds is 3. The smallest absolute Gasteiger partial charge is 0.868 e. The van der Waals surface area contributed by atoms with Crippen LogP contribution in [0.15, 0.2) is 134 Å². The van der Waals surface area contributed by atoms with Gasteiger partial charge in [-0.15, -0.1) is 0 Å². The van der Waals surface area contributed by atoms with Gasteiger partial charge in [-0.25, -0.2) is 9.97 Å². The van der Waals surface area contributed by atoms with Crippen molar-refractivity contribution in [3.63, 3.8) is 0 Å². The van der Waals surface area contributed by atoms with Crippen molar-refractivity contribution >= 4 is 21.9 Å². The summed E-state index contributed by atoms with van der Waals surface area (Å²) in [5.41, 5.74) is 17.4. The summed E-state index contributed by atoms with van der Waals surface area (Å²) in [6, 6.07) is 45.3. The predicted octanol–water partition coefficient (Wildman–Crippen LogP) is 7.02. The Morgan fingerprint density at radius 3 is 1.86 bits per heavy atom. The van der Waals surface area contributed by atoms with Gasteiger partial charge in [-0.1, -0.05) is 94.4 Å². The van der Waals surface area contributed by atoms with Gasteiger partial charge in [-0.2, -0.15) is 0 Å². The minimum absolute atomic E-state index is 0. The maximum atomic E-state index is 12.6. The molecule has 1 N–H and O–H groups in total. The van der Waals surface area contributed by atoms with Gasteiger partial charge in [0.1, 0.15) is 5.82 Å². The van der Waals surface area contributed by atoms with Crippen LogP contribution < -0.4 is 29.0 Å². The van der Waals surface area contributed by atoms with E-state index in [0.29, 0.717) is 5.52 Å². The van der Waals surface area contributed by atoms with Crippen molar-refractivity contribution in [3.05, 3.63) is 156 Å². The average molecular weight is 653 g/mol. The molecule has 2 aliphatic carbocycles. The molecule has 51 heavy (non-hydrogen) atoms. The molecule has 0 amide bonds. The van der Waals surface area contributed by atoms with Crippen molar-refractivity contribution in [2.45, 2.75) is 38.5 Å². The molecule has 0 radical (unpaired) electrons. The van der Waals surface area contributed by atoms with Crippen LogP contribution in [0.25, 0.3) is 72.4 Å². The maximum Gasteiger partial charge on any atom is 1.00 e. The Morgan fingerprint density at radius 2 is 1.16 bits per heavy atom. The number of aromatic amines is 1. The summed E-state index contributed by atoms with van der Waals surface area (Å²) in [7, 11) is 0. The Bertz CT molecular complexity index is 2720. The maximum absolute atomic E-state index is 12.6. The monoisotopic (exact) mass is 652 g/mol. The van der Waals surface area contributed by atoms with Crippen LogP contribution in [0.4, 0.5) is 0 Å². The first-order valence-corrected chi connectivity index (χ1v) is 17.3. The normalized spacial score (nSPS) is 14.5. The van der Waals surface area contributed by atoms with Gasteiger partial charge in [0, 0.05) is 28.1 Å². The number of aromatic nitrogens is 3. The van der Waals surface area contributed by atoms with Crippen molar-refractivity contribution in [3.8, 4) is 56.2 Å². The zero-order valence-corrected chi connectivity index (χ0v) is 29.5. The Morgan fingerprint density at radius 1 is 0.569 bits per heavy atom. The van der Waals surface area contributed by atoms with Gasteiger partial charge in [0.05, 0.1) is 16.4 Å². The molecular weight excluding hydrogens is 617 g/mol. The standard InChI is InChI=1S/C46H35N3O.Li/c1-45(2)36-23-27(30-20-21-42(50)43-33(30)13-10-22-47-43)16-18-31(36)34-25-39-35(26-38(34)45)32-19-17-28(24-37(32)46(39,3)4)44-48-40-14-8-9-15-41(40)49(44)29-11-6-5-7-12-29;/h5-26,50H,1-4H3;/q;+1. The third kappa shape index (κ3) is 4.40. The van der Waals surface area contributed by atoms with Crippen LogP contribution in [0.5, 0.6) is 5.75 Å². The molecule has 2 aromatic heterocycles. The molecule has 2 aliphatic rings. The van der Waals surface area contributed by atoms with Crippen LogP contribution >= 0.6 is 0 Å². The number of hydrogen-bond acceptors (Lipinski definition) is 2.